The molecule has 0 saturated heterocycles. The number of rotatable bonds is 5. The molecule has 0 aromatic heterocycles. The van der Waals surface area contributed by atoms with Crippen LogP contribution in [0.5, 0.6) is 5.75 Å². The quantitative estimate of drug-likeness (QED) is 0.658. The standard InChI is InChI=1S/C14H22O/c1-11(2)6-5-9-15-14-8-7-12(3)13(4)10-14/h7-8,10-11H,5-6,9H2,1-4H3. The fraction of sp³-hybridized carbons (Fsp3) is 0.571. The third-order valence-corrected chi connectivity index (χ3v) is 2.67. The Hall–Kier alpha value is -0.980. The van der Waals surface area contributed by atoms with Crippen LogP contribution in [0.15, 0.2) is 18.2 Å². The fourth-order valence-electron chi connectivity index (χ4n) is 1.49. The zero-order chi connectivity index (χ0) is 11.3. The molecule has 0 radical (unpaired) electrons. The van der Waals surface area contributed by atoms with E-state index in [9.17, 15) is 0 Å². The molecule has 15 heavy (non-hydrogen) atoms. The van der Waals surface area contributed by atoms with Crippen molar-refractivity contribution in [3.05, 3.63) is 29.3 Å². The monoisotopic (exact) mass is 206 g/mol. The van der Waals surface area contributed by atoms with Gasteiger partial charge in [0.1, 0.15) is 5.75 Å². The molecule has 0 aliphatic rings. The molecule has 0 heterocycles. The molecule has 1 nitrogen and oxygen atoms in total. The van der Waals surface area contributed by atoms with Gasteiger partial charge in [-0.05, 0) is 55.9 Å². The van der Waals surface area contributed by atoms with Crippen LogP contribution in [0, 0.1) is 19.8 Å². The summed E-state index contributed by atoms with van der Waals surface area (Å²) in [5.74, 6) is 1.77. The molecular formula is C14H22O. The summed E-state index contributed by atoms with van der Waals surface area (Å²) in [7, 11) is 0. The van der Waals surface area contributed by atoms with Crippen LogP contribution in [0.4, 0.5) is 0 Å². The minimum Gasteiger partial charge on any atom is -0.494 e. The van der Waals surface area contributed by atoms with Crippen molar-refractivity contribution in [2.24, 2.45) is 5.92 Å². The summed E-state index contributed by atoms with van der Waals surface area (Å²) in [6.45, 7) is 9.57. The van der Waals surface area contributed by atoms with Crippen molar-refractivity contribution in [2.45, 2.75) is 40.5 Å². The first-order valence-corrected chi connectivity index (χ1v) is 5.79. The van der Waals surface area contributed by atoms with E-state index in [1.807, 2.05) is 0 Å². The second-order valence-electron chi connectivity index (χ2n) is 4.63. The summed E-state index contributed by atoms with van der Waals surface area (Å²) < 4.78 is 5.69. The highest BCUT2D eigenvalue weighted by molar-refractivity contribution is 5.33. The maximum Gasteiger partial charge on any atom is 0.119 e. The van der Waals surface area contributed by atoms with E-state index in [4.69, 9.17) is 4.74 Å². The highest BCUT2D eigenvalue weighted by Gasteiger charge is 1.98. The lowest BCUT2D eigenvalue weighted by molar-refractivity contribution is 0.297. The molecule has 0 N–H and O–H groups in total. The molecule has 84 valence electrons. The third-order valence-electron chi connectivity index (χ3n) is 2.67. The average molecular weight is 206 g/mol. The van der Waals surface area contributed by atoms with Gasteiger partial charge in [-0.25, -0.2) is 0 Å². The molecule has 0 spiro atoms. The van der Waals surface area contributed by atoms with Crippen LogP contribution in [0.1, 0.15) is 37.8 Å². The summed E-state index contributed by atoms with van der Waals surface area (Å²) in [5, 5.41) is 0. The minimum atomic E-state index is 0.772. The molecule has 0 saturated carbocycles. The molecule has 0 aliphatic heterocycles. The largest absolute Gasteiger partial charge is 0.494 e. The van der Waals surface area contributed by atoms with Crippen molar-refractivity contribution in [3.63, 3.8) is 0 Å². The molecule has 1 aromatic rings. The van der Waals surface area contributed by atoms with Crippen LogP contribution in [-0.4, -0.2) is 6.61 Å². The summed E-state index contributed by atoms with van der Waals surface area (Å²) in [4.78, 5) is 0. The second kappa shape index (κ2) is 5.79. The molecule has 0 amide bonds. The second-order valence-corrected chi connectivity index (χ2v) is 4.63. The van der Waals surface area contributed by atoms with E-state index in [1.165, 1.54) is 17.5 Å². The Kier molecular flexibility index (Phi) is 4.67. The van der Waals surface area contributed by atoms with Crippen molar-refractivity contribution in [2.75, 3.05) is 6.61 Å². The Morgan fingerprint density at radius 2 is 1.87 bits per heavy atom. The molecular weight excluding hydrogens is 184 g/mol. The van der Waals surface area contributed by atoms with Gasteiger partial charge in [0.2, 0.25) is 0 Å². The van der Waals surface area contributed by atoms with Crippen molar-refractivity contribution in [1.82, 2.24) is 0 Å². The minimum absolute atomic E-state index is 0.772. The van der Waals surface area contributed by atoms with E-state index in [-0.39, 0.29) is 0 Å². The molecule has 1 rings (SSSR count). The summed E-state index contributed by atoms with van der Waals surface area (Å²) in [6.07, 6.45) is 2.38. The molecule has 0 bridgehead atoms. The van der Waals surface area contributed by atoms with Gasteiger partial charge in [0.15, 0.2) is 0 Å². The van der Waals surface area contributed by atoms with E-state index < -0.39 is 0 Å². The third kappa shape index (κ3) is 4.37. The van der Waals surface area contributed by atoms with Gasteiger partial charge in [-0.1, -0.05) is 19.9 Å². The van der Waals surface area contributed by atoms with E-state index >= 15 is 0 Å². The van der Waals surface area contributed by atoms with E-state index in [0.717, 1.165) is 24.7 Å². The first-order chi connectivity index (χ1) is 7.09. The van der Waals surface area contributed by atoms with Crippen LogP contribution >= 0.6 is 0 Å². The average Bonchev–Trinajstić information content (AvgIpc) is 2.18. The number of aryl methyl sites for hydroxylation is 2. The summed E-state index contributed by atoms with van der Waals surface area (Å²) in [5.41, 5.74) is 2.63. The van der Waals surface area contributed by atoms with Crippen molar-refractivity contribution in [3.8, 4) is 5.75 Å². The first-order valence-electron chi connectivity index (χ1n) is 5.79. The normalized spacial score (nSPS) is 10.7. The Labute approximate surface area is 93.5 Å². The highest BCUT2D eigenvalue weighted by atomic mass is 16.5. The predicted octanol–water partition coefficient (Wildman–Crippen LogP) is 4.12. The van der Waals surface area contributed by atoms with Gasteiger partial charge in [-0.15, -0.1) is 0 Å². The number of hydrogen-bond acceptors (Lipinski definition) is 1. The van der Waals surface area contributed by atoms with Crippen LogP contribution in [0.25, 0.3) is 0 Å². The van der Waals surface area contributed by atoms with Crippen molar-refractivity contribution < 1.29 is 4.74 Å². The molecule has 0 fully saturated rings. The molecule has 0 unspecified atom stereocenters. The molecule has 0 atom stereocenters. The lowest BCUT2D eigenvalue weighted by Gasteiger charge is -2.09. The highest BCUT2D eigenvalue weighted by Crippen LogP contribution is 2.16. The van der Waals surface area contributed by atoms with Crippen LogP contribution in [-0.2, 0) is 0 Å². The number of ether oxygens (including phenoxy) is 1. The van der Waals surface area contributed by atoms with Gasteiger partial charge < -0.3 is 4.74 Å². The van der Waals surface area contributed by atoms with E-state index in [1.54, 1.807) is 0 Å². The SMILES string of the molecule is Cc1ccc(OCCCC(C)C)cc1C. The summed E-state index contributed by atoms with van der Waals surface area (Å²) in [6, 6.07) is 6.29. The smallest absolute Gasteiger partial charge is 0.119 e. The van der Waals surface area contributed by atoms with Gasteiger partial charge in [-0.2, -0.15) is 0 Å². The van der Waals surface area contributed by atoms with Gasteiger partial charge in [0.25, 0.3) is 0 Å². The molecule has 1 aromatic carbocycles. The van der Waals surface area contributed by atoms with Crippen LogP contribution in [0.2, 0.25) is 0 Å². The Bertz CT molecular complexity index is 302. The van der Waals surface area contributed by atoms with E-state index in [0.29, 0.717) is 0 Å². The van der Waals surface area contributed by atoms with Gasteiger partial charge in [0.05, 0.1) is 6.61 Å². The zero-order valence-corrected chi connectivity index (χ0v) is 10.3. The fourth-order valence-corrected chi connectivity index (χ4v) is 1.49. The zero-order valence-electron chi connectivity index (χ0n) is 10.3. The Morgan fingerprint density at radius 3 is 2.47 bits per heavy atom. The summed E-state index contributed by atoms with van der Waals surface area (Å²) >= 11 is 0. The van der Waals surface area contributed by atoms with Crippen LogP contribution < -0.4 is 4.74 Å². The lowest BCUT2D eigenvalue weighted by Crippen LogP contribution is -1.99. The van der Waals surface area contributed by atoms with Crippen molar-refractivity contribution >= 4 is 0 Å². The predicted molar refractivity (Wildman–Crippen MR) is 65.5 cm³/mol. The molecule has 0 aliphatic carbocycles. The number of hydrogen-bond donors (Lipinski definition) is 0. The van der Waals surface area contributed by atoms with Gasteiger partial charge in [0, 0.05) is 0 Å². The van der Waals surface area contributed by atoms with Crippen molar-refractivity contribution in [1.29, 1.82) is 0 Å². The maximum absolute atomic E-state index is 5.69. The molecule has 1 heteroatoms. The van der Waals surface area contributed by atoms with Crippen LogP contribution in [0.3, 0.4) is 0 Å². The van der Waals surface area contributed by atoms with E-state index in [2.05, 4.69) is 45.9 Å². The lowest BCUT2D eigenvalue weighted by atomic mass is 10.1. The maximum atomic E-state index is 5.69. The van der Waals surface area contributed by atoms with Gasteiger partial charge in [-0.3, -0.25) is 0 Å². The first kappa shape index (κ1) is 12.1. The Balaban J connectivity index is 2.35. The van der Waals surface area contributed by atoms with Gasteiger partial charge >= 0.3 is 0 Å². The number of benzene rings is 1. The topological polar surface area (TPSA) is 9.23 Å². The Morgan fingerprint density at radius 1 is 1.13 bits per heavy atom.